The Balaban J connectivity index is 2.26. The van der Waals surface area contributed by atoms with Crippen LogP contribution in [0.3, 0.4) is 0 Å². The standard InChI is InChI=1S/C21H19ClO/c1-23-16-17-10-8-9-15-20(17)21(22,18-11-4-2-5-12-18)19-13-6-3-7-14-19/h2-15H,16H2,1H3. The van der Waals surface area contributed by atoms with Crippen molar-refractivity contribution in [3.8, 4) is 0 Å². The molecule has 0 fully saturated rings. The maximum absolute atomic E-state index is 7.30. The van der Waals surface area contributed by atoms with E-state index in [1.165, 1.54) is 0 Å². The number of alkyl halides is 1. The first kappa shape index (κ1) is 15.8. The number of hydrogen-bond donors (Lipinski definition) is 0. The molecular formula is C21H19ClO. The van der Waals surface area contributed by atoms with Gasteiger partial charge < -0.3 is 4.74 Å². The third kappa shape index (κ3) is 3.03. The monoisotopic (exact) mass is 322 g/mol. The van der Waals surface area contributed by atoms with Gasteiger partial charge in [0.05, 0.1) is 6.61 Å². The summed E-state index contributed by atoms with van der Waals surface area (Å²) >= 11 is 7.30. The van der Waals surface area contributed by atoms with Gasteiger partial charge in [0, 0.05) is 7.11 Å². The molecule has 0 saturated carbocycles. The molecule has 0 aliphatic rings. The summed E-state index contributed by atoms with van der Waals surface area (Å²) in [5.74, 6) is 0. The van der Waals surface area contributed by atoms with Gasteiger partial charge >= 0.3 is 0 Å². The molecule has 23 heavy (non-hydrogen) atoms. The van der Waals surface area contributed by atoms with E-state index in [-0.39, 0.29) is 0 Å². The van der Waals surface area contributed by atoms with Crippen LogP contribution in [0.1, 0.15) is 22.3 Å². The molecule has 116 valence electrons. The third-order valence-electron chi connectivity index (χ3n) is 4.03. The molecule has 0 bridgehead atoms. The summed E-state index contributed by atoms with van der Waals surface area (Å²) in [6.07, 6.45) is 0. The van der Waals surface area contributed by atoms with Crippen LogP contribution in [0, 0.1) is 0 Å². The Kier molecular flexibility index (Phi) is 4.80. The lowest BCUT2D eigenvalue weighted by atomic mass is 9.82. The predicted molar refractivity (Wildman–Crippen MR) is 95.8 cm³/mol. The van der Waals surface area contributed by atoms with Crippen molar-refractivity contribution < 1.29 is 4.74 Å². The minimum atomic E-state index is -0.738. The summed E-state index contributed by atoms with van der Waals surface area (Å²) in [4.78, 5) is -0.738. The first-order valence-electron chi connectivity index (χ1n) is 7.64. The van der Waals surface area contributed by atoms with Crippen LogP contribution in [0.2, 0.25) is 0 Å². The lowest BCUT2D eigenvalue weighted by Crippen LogP contribution is -2.24. The Morgan fingerprint density at radius 3 is 1.74 bits per heavy atom. The van der Waals surface area contributed by atoms with Crippen LogP contribution in [0.4, 0.5) is 0 Å². The second-order valence-corrected chi connectivity index (χ2v) is 6.05. The molecule has 0 unspecified atom stereocenters. The zero-order valence-corrected chi connectivity index (χ0v) is 13.8. The molecule has 0 aliphatic heterocycles. The second-order valence-electron chi connectivity index (χ2n) is 5.48. The van der Waals surface area contributed by atoms with Crippen molar-refractivity contribution in [2.24, 2.45) is 0 Å². The molecule has 0 radical (unpaired) electrons. The van der Waals surface area contributed by atoms with Gasteiger partial charge in [-0.2, -0.15) is 0 Å². The van der Waals surface area contributed by atoms with Gasteiger partial charge in [-0.3, -0.25) is 0 Å². The summed E-state index contributed by atoms with van der Waals surface area (Å²) in [7, 11) is 1.71. The van der Waals surface area contributed by atoms with Crippen LogP contribution in [0.15, 0.2) is 84.9 Å². The molecule has 3 rings (SSSR count). The Hall–Kier alpha value is -2.09. The average Bonchev–Trinajstić information content (AvgIpc) is 2.63. The third-order valence-corrected chi connectivity index (χ3v) is 4.67. The molecule has 0 aromatic heterocycles. The van der Waals surface area contributed by atoms with Crippen LogP contribution < -0.4 is 0 Å². The van der Waals surface area contributed by atoms with Crippen LogP contribution in [-0.2, 0) is 16.2 Å². The van der Waals surface area contributed by atoms with E-state index >= 15 is 0 Å². The Morgan fingerprint density at radius 2 is 1.22 bits per heavy atom. The molecule has 3 aromatic carbocycles. The lowest BCUT2D eigenvalue weighted by Gasteiger charge is -2.31. The smallest absolute Gasteiger partial charge is 0.120 e. The van der Waals surface area contributed by atoms with Gasteiger partial charge in [0.2, 0.25) is 0 Å². The molecule has 0 N–H and O–H groups in total. The molecule has 0 saturated heterocycles. The minimum Gasteiger partial charge on any atom is -0.380 e. The van der Waals surface area contributed by atoms with Crippen molar-refractivity contribution in [3.63, 3.8) is 0 Å². The number of benzene rings is 3. The quantitative estimate of drug-likeness (QED) is 0.453. The summed E-state index contributed by atoms with van der Waals surface area (Å²) in [6, 6.07) is 28.6. The maximum Gasteiger partial charge on any atom is 0.120 e. The molecule has 0 heterocycles. The minimum absolute atomic E-state index is 0.532. The van der Waals surface area contributed by atoms with E-state index in [2.05, 4.69) is 36.4 Å². The highest BCUT2D eigenvalue weighted by Gasteiger charge is 2.35. The fraction of sp³-hybridized carbons (Fsp3) is 0.143. The van der Waals surface area contributed by atoms with E-state index in [4.69, 9.17) is 16.3 Å². The Labute approximate surface area is 142 Å². The molecule has 3 aromatic rings. The van der Waals surface area contributed by atoms with Crippen LogP contribution in [0.25, 0.3) is 0 Å². The van der Waals surface area contributed by atoms with E-state index in [0.717, 1.165) is 22.3 Å². The lowest BCUT2D eigenvalue weighted by molar-refractivity contribution is 0.184. The SMILES string of the molecule is COCc1ccccc1C(Cl)(c1ccccc1)c1ccccc1. The Bertz CT molecular complexity index is 714. The molecular weight excluding hydrogens is 304 g/mol. The van der Waals surface area contributed by atoms with Gasteiger partial charge in [-0.15, -0.1) is 11.6 Å². The first-order valence-corrected chi connectivity index (χ1v) is 8.02. The van der Waals surface area contributed by atoms with E-state index in [1.54, 1.807) is 7.11 Å². The molecule has 0 spiro atoms. The number of methoxy groups -OCH3 is 1. The number of halogens is 1. The van der Waals surface area contributed by atoms with Gasteiger partial charge in [0.15, 0.2) is 0 Å². The van der Waals surface area contributed by atoms with E-state index in [9.17, 15) is 0 Å². The predicted octanol–water partition coefficient (Wildman–Crippen LogP) is 5.36. The van der Waals surface area contributed by atoms with Crippen molar-refractivity contribution in [1.82, 2.24) is 0 Å². The summed E-state index contributed by atoms with van der Waals surface area (Å²) in [5.41, 5.74) is 4.26. The van der Waals surface area contributed by atoms with E-state index < -0.39 is 4.87 Å². The van der Waals surface area contributed by atoms with Gasteiger partial charge in [-0.1, -0.05) is 84.9 Å². The van der Waals surface area contributed by atoms with Gasteiger partial charge in [0.25, 0.3) is 0 Å². The van der Waals surface area contributed by atoms with Crippen molar-refractivity contribution in [1.29, 1.82) is 0 Å². The summed E-state index contributed by atoms with van der Waals surface area (Å²) in [5, 5.41) is 0. The Morgan fingerprint density at radius 1 is 0.739 bits per heavy atom. The fourth-order valence-electron chi connectivity index (χ4n) is 2.95. The highest BCUT2D eigenvalue weighted by Crippen LogP contribution is 2.44. The zero-order valence-electron chi connectivity index (χ0n) is 13.1. The van der Waals surface area contributed by atoms with Crippen molar-refractivity contribution in [3.05, 3.63) is 107 Å². The second kappa shape index (κ2) is 6.99. The van der Waals surface area contributed by atoms with Gasteiger partial charge in [0.1, 0.15) is 4.87 Å². The van der Waals surface area contributed by atoms with Gasteiger partial charge in [-0.25, -0.2) is 0 Å². The van der Waals surface area contributed by atoms with Gasteiger partial charge in [-0.05, 0) is 22.3 Å². The largest absolute Gasteiger partial charge is 0.380 e. The summed E-state index contributed by atoms with van der Waals surface area (Å²) in [6.45, 7) is 0.532. The normalized spacial score (nSPS) is 11.4. The molecule has 0 atom stereocenters. The number of rotatable bonds is 5. The fourth-order valence-corrected chi connectivity index (χ4v) is 3.39. The number of ether oxygens (including phenoxy) is 1. The van der Waals surface area contributed by atoms with Crippen molar-refractivity contribution in [2.45, 2.75) is 11.5 Å². The number of hydrogen-bond acceptors (Lipinski definition) is 1. The first-order chi connectivity index (χ1) is 11.3. The molecule has 0 aliphatic carbocycles. The molecule has 1 nitrogen and oxygen atoms in total. The zero-order chi connectivity index (χ0) is 16.1. The molecule has 0 amide bonds. The van der Waals surface area contributed by atoms with Crippen LogP contribution in [-0.4, -0.2) is 7.11 Å². The van der Waals surface area contributed by atoms with Crippen molar-refractivity contribution >= 4 is 11.6 Å². The van der Waals surface area contributed by atoms with Crippen LogP contribution >= 0.6 is 11.6 Å². The summed E-state index contributed by atoms with van der Waals surface area (Å²) < 4.78 is 5.38. The van der Waals surface area contributed by atoms with E-state index in [1.807, 2.05) is 48.5 Å². The van der Waals surface area contributed by atoms with Crippen LogP contribution in [0.5, 0.6) is 0 Å². The van der Waals surface area contributed by atoms with E-state index in [0.29, 0.717) is 6.61 Å². The molecule has 2 heteroatoms. The highest BCUT2D eigenvalue weighted by molar-refractivity contribution is 6.28. The average molecular weight is 323 g/mol. The maximum atomic E-state index is 7.30. The van der Waals surface area contributed by atoms with Crippen molar-refractivity contribution in [2.75, 3.05) is 7.11 Å². The topological polar surface area (TPSA) is 9.23 Å². The highest BCUT2D eigenvalue weighted by atomic mass is 35.5.